The molecule has 33 heavy (non-hydrogen) atoms. The highest BCUT2D eigenvalue weighted by Gasteiger charge is 2.22. The van der Waals surface area contributed by atoms with Crippen LogP contribution in [0, 0.1) is 6.92 Å². The van der Waals surface area contributed by atoms with Crippen LogP contribution < -0.4 is 9.64 Å². The number of unbranched alkanes of at least 4 members (excludes halogenated alkanes) is 2. The minimum atomic E-state index is -0.0532. The Hall–Kier alpha value is -2.15. The summed E-state index contributed by atoms with van der Waals surface area (Å²) in [5.41, 5.74) is 2.54. The fourth-order valence-electron chi connectivity index (χ4n) is 3.72. The SMILES string of the molecule is CCCCCOc1ccc(C(=O)N(CCN(CC)CC)c2nc3c(C)cc(Cl)cc3s2)cc1. The number of thiazole rings is 1. The molecule has 1 heterocycles. The lowest BCUT2D eigenvalue weighted by molar-refractivity contribution is 0.0983. The summed E-state index contributed by atoms with van der Waals surface area (Å²) in [6.07, 6.45) is 3.36. The highest BCUT2D eigenvalue weighted by molar-refractivity contribution is 7.22. The van der Waals surface area contributed by atoms with Crippen LogP contribution >= 0.6 is 22.9 Å². The molecule has 0 spiro atoms. The number of carbonyl (C=O) groups excluding carboxylic acids is 1. The van der Waals surface area contributed by atoms with E-state index in [4.69, 9.17) is 21.3 Å². The minimum Gasteiger partial charge on any atom is -0.494 e. The third kappa shape index (κ3) is 6.69. The number of halogens is 1. The largest absolute Gasteiger partial charge is 0.494 e. The summed E-state index contributed by atoms with van der Waals surface area (Å²) >= 11 is 7.77. The molecule has 0 unspecified atom stereocenters. The van der Waals surface area contributed by atoms with Gasteiger partial charge in [0.15, 0.2) is 5.13 Å². The Balaban J connectivity index is 1.84. The van der Waals surface area contributed by atoms with E-state index >= 15 is 0 Å². The van der Waals surface area contributed by atoms with Crippen molar-refractivity contribution >= 4 is 44.2 Å². The van der Waals surface area contributed by atoms with Gasteiger partial charge < -0.3 is 9.64 Å². The first-order valence-electron chi connectivity index (χ1n) is 11.8. The van der Waals surface area contributed by atoms with Crippen molar-refractivity contribution in [2.24, 2.45) is 0 Å². The second-order valence-corrected chi connectivity index (χ2v) is 9.58. The minimum absolute atomic E-state index is 0.0532. The molecule has 1 aromatic heterocycles. The molecule has 0 N–H and O–H groups in total. The van der Waals surface area contributed by atoms with Crippen molar-refractivity contribution in [3.63, 3.8) is 0 Å². The number of hydrogen-bond donors (Lipinski definition) is 0. The van der Waals surface area contributed by atoms with Crippen LogP contribution in [0.15, 0.2) is 36.4 Å². The normalized spacial score (nSPS) is 11.3. The van der Waals surface area contributed by atoms with Crippen molar-refractivity contribution in [3.05, 3.63) is 52.5 Å². The number of benzene rings is 2. The Morgan fingerprint density at radius 1 is 1.06 bits per heavy atom. The summed E-state index contributed by atoms with van der Waals surface area (Å²) in [5, 5.41) is 1.39. The number of aryl methyl sites for hydroxylation is 1. The van der Waals surface area contributed by atoms with Crippen LogP contribution in [0.25, 0.3) is 10.2 Å². The Kier molecular flexibility index (Phi) is 9.53. The average Bonchev–Trinajstić information content (AvgIpc) is 3.24. The molecule has 0 saturated carbocycles. The maximum atomic E-state index is 13.6. The Labute approximate surface area is 206 Å². The molecule has 7 heteroatoms. The molecular weight excluding hydrogens is 454 g/mol. The van der Waals surface area contributed by atoms with E-state index < -0.39 is 0 Å². The first kappa shape index (κ1) is 25.5. The third-order valence-electron chi connectivity index (χ3n) is 5.77. The number of aromatic nitrogens is 1. The second-order valence-electron chi connectivity index (χ2n) is 8.13. The van der Waals surface area contributed by atoms with E-state index in [-0.39, 0.29) is 5.91 Å². The summed E-state index contributed by atoms with van der Waals surface area (Å²) in [6.45, 7) is 12.4. The van der Waals surface area contributed by atoms with Crippen LogP contribution in [0.3, 0.4) is 0 Å². The summed E-state index contributed by atoms with van der Waals surface area (Å²) in [4.78, 5) is 22.5. The van der Waals surface area contributed by atoms with Crippen LogP contribution in [-0.2, 0) is 0 Å². The van der Waals surface area contributed by atoms with Crippen molar-refractivity contribution in [1.82, 2.24) is 9.88 Å². The molecule has 5 nitrogen and oxygen atoms in total. The van der Waals surface area contributed by atoms with E-state index in [9.17, 15) is 4.79 Å². The maximum Gasteiger partial charge on any atom is 0.260 e. The molecule has 3 rings (SSSR count). The van der Waals surface area contributed by atoms with Crippen LogP contribution in [0.1, 0.15) is 56.0 Å². The summed E-state index contributed by atoms with van der Waals surface area (Å²) < 4.78 is 6.80. The smallest absolute Gasteiger partial charge is 0.260 e. The van der Waals surface area contributed by atoms with Gasteiger partial charge >= 0.3 is 0 Å². The molecule has 178 valence electrons. The van der Waals surface area contributed by atoms with E-state index in [2.05, 4.69) is 25.7 Å². The zero-order valence-corrected chi connectivity index (χ0v) is 21.6. The van der Waals surface area contributed by atoms with Gasteiger partial charge in [-0.25, -0.2) is 4.98 Å². The lowest BCUT2D eigenvalue weighted by Crippen LogP contribution is -2.38. The van der Waals surface area contributed by atoms with Gasteiger partial charge in [-0.05, 0) is 68.4 Å². The molecule has 0 aliphatic carbocycles. The molecule has 0 bridgehead atoms. The van der Waals surface area contributed by atoms with Gasteiger partial charge in [-0.3, -0.25) is 9.69 Å². The Morgan fingerprint density at radius 2 is 1.79 bits per heavy atom. The van der Waals surface area contributed by atoms with Gasteiger partial charge in [0.25, 0.3) is 5.91 Å². The predicted octanol–water partition coefficient (Wildman–Crippen LogP) is 6.82. The van der Waals surface area contributed by atoms with Gasteiger partial charge in [0, 0.05) is 23.7 Å². The van der Waals surface area contributed by atoms with Crippen molar-refractivity contribution in [3.8, 4) is 5.75 Å². The van der Waals surface area contributed by atoms with Gasteiger partial charge in [0.1, 0.15) is 5.75 Å². The number of hydrogen-bond acceptors (Lipinski definition) is 5. The van der Waals surface area contributed by atoms with E-state index in [0.717, 1.165) is 60.4 Å². The number of ether oxygens (including phenoxy) is 1. The molecule has 2 aromatic carbocycles. The Morgan fingerprint density at radius 3 is 2.45 bits per heavy atom. The fraction of sp³-hybridized carbons (Fsp3) is 0.462. The summed E-state index contributed by atoms with van der Waals surface area (Å²) in [5.74, 6) is 0.741. The highest BCUT2D eigenvalue weighted by Crippen LogP contribution is 2.33. The van der Waals surface area contributed by atoms with Crippen LogP contribution in [0.5, 0.6) is 5.75 Å². The molecule has 0 saturated heterocycles. The molecule has 0 atom stereocenters. The number of nitrogens with zero attached hydrogens (tertiary/aromatic N) is 3. The van der Waals surface area contributed by atoms with Crippen molar-refractivity contribution in [2.45, 2.75) is 47.0 Å². The van der Waals surface area contributed by atoms with Gasteiger partial charge in [-0.15, -0.1) is 0 Å². The molecule has 0 aliphatic rings. The Bertz CT molecular complexity index is 1050. The van der Waals surface area contributed by atoms with Crippen molar-refractivity contribution < 1.29 is 9.53 Å². The quantitative estimate of drug-likeness (QED) is 0.263. The summed E-state index contributed by atoms with van der Waals surface area (Å²) in [7, 11) is 0. The summed E-state index contributed by atoms with van der Waals surface area (Å²) in [6, 6.07) is 11.3. The lowest BCUT2D eigenvalue weighted by atomic mass is 10.2. The molecule has 0 fully saturated rings. The van der Waals surface area contributed by atoms with Crippen LogP contribution in [0.2, 0.25) is 5.02 Å². The first-order chi connectivity index (χ1) is 16.0. The number of rotatable bonds is 12. The number of fused-ring (bicyclic) bond motifs is 1. The van der Waals surface area contributed by atoms with E-state index in [1.165, 1.54) is 11.3 Å². The number of anilines is 1. The van der Waals surface area contributed by atoms with E-state index in [0.29, 0.717) is 28.9 Å². The molecule has 0 radical (unpaired) electrons. The zero-order chi connectivity index (χ0) is 23.8. The standard InChI is InChI=1S/C26H34ClN3O2S/c1-5-8-9-16-32-22-12-10-20(11-13-22)25(31)30(15-14-29(6-2)7-3)26-28-24-19(4)17-21(27)18-23(24)33-26/h10-13,17-18H,5-9,14-16H2,1-4H3. The average molecular weight is 488 g/mol. The predicted molar refractivity (Wildman–Crippen MR) is 140 cm³/mol. The van der Waals surface area contributed by atoms with E-state index in [1.54, 1.807) is 4.90 Å². The fourth-order valence-corrected chi connectivity index (χ4v) is 5.16. The number of amides is 1. The van der Waals surface area contributed by atoms with Gasteiger partial charge in [-0.2, -0.15) is 0 Å². The maximum absolute atomic E-state index is 13.6. The third-order valence-corrected chi connectivity index (χ3v) is 7.01. The zero-order valence-electron chi connectivity index (χ0n) is 20.1. The monoisotopic (exact) mass is 487 g/mol. The lowest BCUT2D eigenvalue weighted by Gasteiger charge is -2.24. The van der Waals surface area contributed by atoms with E-state index in [1.807, 2.05) is 43.3 Å². The van der Waals surface area contributed by atoms with Gasteiger partial charge in [-0.1, -0.05) is 56.6 Å². The topological polar surface area (TPSA) is 45.7 Å². The van der Waals surface area contributed by atoms with Crippen molar-refractivity contribution in [2.75, 3.05) is 37.7 Å². The number of carbonyl (C=O) groups is 1. The van der Waals surface area contributed by atoms with Crippen molar-refractivity contribution in [1.29, 1.82) is 0 Å². The van der Waals surface area contributed by atoms with Crippen LogP contribution in [0.4, 0.5) is 5.13 Å². The molecule has 0 aliphatic heterocycles. The first-order valence-corrected chi connectivity index (χ1v) is 13.0. The molecular formula is C26H34ClN3O2S. The molecule has 1 amide bonds. The second kappa shape index (κ2) is 12.4. The van der Waals surface area contributed by atoms with Gasteiger partial charge in [0.05, 0.1) is 16.8 Å². The van der Waals surface area contributed by atoms with Gasteiger partial charge in [0.2, 0.25) is 0 Å². The highest BCUT2D eigenvalue weighted by atomic mass is 35.5. The van der Waals surface area contributed by atoms with Crippen LogP contribution in [-0.4, -0.2) is 48.6 Å². The number of likely N-dealkylation sites (N-methyl/N-ethyl adjacent to an activating group) is 1. The molecule has 3 aromatic rings.